The molecule has 4 heteroatoms. The molecule has 0 aromatic heterocycles. The number of hydrogen-bond acceptors (Lipinski definition) is 3. The molecule has 1 rings (SSSR count). The molecule has 0 fully saturated rings. The molecule has 0 aliphatic rings. The predicted octanol–water partition coefficient (Wildman–Crippen LogP) is 4.48. The highest BCUT2D eigenvalue weighted by Gasteiger charge is 2.06. The van der Waals surface area contributed by atoms with Crippen molar-refractivity contribution >= 4 is 12.1 Å². The Morgan fingerprint density at radius 2 is 1.88 bits per heavy atom. The highest BCUT2D eigenvalue weighted by Crippen LogP contribution is 2.21. The molecular weight excluding hydrogens is 300 g/mol. The van der Waals surface area contributed by atoms with Crippen LogP contribution in [-0.2, 0) is 4.79 Å². The number of aryl methyl sites for hydroxylation is 2. The maximum absolute atomic E-state index is 11.8. The second-order valence-electron chi connectivity index (χ2n) is 6.16. The van der Waals surface area contributed by atoms with Crippen LogP contribution in [0.4, 0.5) is 0 Å². The monoisotopic (exact) mass is 328 g/mol. The Labute approximate surface area is 145 Å². The van der Waals surface area contributed by atoms with Gasteiger partial charge in [-0.05, 0) is 64.7 Å². The third kappa shape index (κ3) is 7.77. The van der Waals surface area contributed by atoms with Gasteiger partial charge in [0.25, 0.3) is 5.91 Å². The van der Waals surface area contributed by atoms with E-state index in [1.165, 1.54) is 11.1 Å². The minimum Gasteiger partial charge on any atom is -0.483 e. The first-order valence-electron chi connectivity index (χ1n) is 8.20. The van der Waals surface area contributed by atoms with Crippen molar-refractivity contribution in [2.24, 2.45) is 5.10 Å². The van der Waals surface area contributed by atoms with Crippen LogP contribution in [0.15, 0.2) is 46.6 Å². The molecular formula is C20H28N2O2. The van der Waals surface area contributed by atoms with E-state index in [1.54, 1.807) is 6.21 Å². The lowest BCUT2D eigenvalue weighted by Gasteiger charge is -2.10. The zero-order chi connectivity index (χ0) is 17.9. The van der Waals surface area contributed by atoms with Crippen LogP contribution >= 0.6 is 0 Å². The fraction of sp³-hybridized carbons (Fsp3) is 0.400. The summed E-state index contributed by atoms with van der Waals surface area (Å²) in [5, 5.41) is 3.92. The molecule has 0 atom stereocenters. The SMILES string of the molecule is CC(C)=CCCC(C)=CC=NNC(=O)COc1c(C)cccc1C. The fourth-order valence-corrected chi connectivity index (χ4v) is 2.14. The average Bonchev–Trinajstić information content (AvgIpc) is 2.50. The number of carbonyl (C=O) groups is 1. The van der Waals surface area contributed by atoms with Gasteiger partial charge in [-0.25, -0.2) is 5.43 Å². The lowest BCUT2D eigenvalue weighted by molar-refractivity contribution is -0.123. The molecule has 4 nitrogen and oxygen atoms in total. The van der Waals surface area contributed by atoms with Gasteiger partial charge in [0, 0.05) is 6.21 Å². The molecule has 0 radical (unpaired) electrons. The van der Waals surface area contributed by atoms with E-state index in [1.807, 2.05) is 38.1 Å². The number of allylic oxidation sites excluding steroid dienone is 4. The van der Waals surface area contributed by atoms with Gasteiger partial charge in [0.05, 0.1) is 0 Å². The summed E-state index contributed by atoms with van der Waals surface area (Å²) >= 11 is 0. The lowest BCUT2D eigenvalue weighted by Crippen LogP contribution is -2.24. The van der Waals surface area contributed by atoms with E-state index in [4.69, 9.17) is 4.74 Å². The molecule has 0 spiro atoms. The average molecular weight is 328 g/mol. The van der Waals surface area contributed by atoms with E-state index in [2.05, 4.69) is 37.4 Å². The Balaban J connectivity index is 2.37. The van der Waals surface area contributed by atoms with E-state index in [0.29, 0.717) is 0 Å². The number of nitrogens with one attached hydrogen (secondary N) is 1. The largest absolute Gasteiger partial charge is 0.483 e. The minimum atomic E-state index is -0.274. The number of amides is 1. The van der Waals surface area contributed by atoms with E-state index >= 15 is 0 Å². The second kappa shape index (κ2) is 10.4. The van der Waals surface area contributed by atoms with Gasteiger partial charge >= 0.3 is 0 Å². The number of para-hydroxylation sites is 1. The van der Waals surface area contributed by atoms with Crippen LogP contribution in [0.3, 0.4) is 0 Å². The molecule has 0 unspecified atom stereocenters. The molecule has 0 bridgehead atoms. The van der Waals surface area contributed by atoms with Gasteiger partial charge < -0.3 is 4.74 Å². The number of nitrogens with zero attached hydrogens (tertiary/aromatic N) is 1. The van der Waals surface area contributed by atoms with Crippen LogP contribution in [-0.4, -0.2) is 18.7 Å². The van der Waals surface area contributed by atoms with E-state index in [-0.39, 0.29) is 12.5 Å². The number of rotatable bonds is 8. The Kier molecular flexibility index (Phi) is 8.55. The third-order valence-electron chi connectivity index (χ3n) is 3.47. The molecule has 1 aromatic rings. The molecule has 130 valence electrons. The summed E-state index contributed by atoms with van der Waals surface area (Å²) in [7, 11) is 0. The summed E-state index contributed by atoms with van der Waals surface area (Å²) in [6.07, 6.45) is 7.73. The summed E-state index contributed by atoms with van der Waals surface area (Å²) in [4.78, 5) is 11.8. The van der Waals surface area contributed by atoms with Crippen molar-refractivity contribution in [3.63, 3.8) is 0 Å². The lowest BCUT2D eigenvalue weighted by atomic mass is 10.1. The second-order valence-corrected chi connectivity index (χ2v) is 6.16. The van der Waals surface area contributed by atoms with Gasteiger partial charge in [-0.15, -0.1) is 0 Å². The topological polar surface area (TPSA) is 50.7 Å². The molecule has 1 amide bonds. The van der Waals surface area contributed by atoms with Crippen molar-refractivity contribution in [2.45, 2.75) is 47.5 Å². The molecule has 1 N–H and O–H groups in total. The smallest absolute Gasteiger partial charge is 0.277 e. The van der Waals surface area contributed by atoms with E-state index in [0.717, 1.165) is 29.7 Å². The van der Waals surface area contributed by atoms with Crippen molar-refractivity contribution in [3.05, 3.63) is 52.6 Å². The zero-order valence-corrected chi connectivity index (χ0v) is 15.3. The summed E-state index contributed by atoms with van der Waals surface area (Å²) in [5.74, 6) is 0.483. The summed E-state index contributed by atoms with van der Waals surface area (Å²) in [6, 6.07) is 5.89. The minimum absolute atomic E-state index is 0.0493. The molecule has 0 saturated carbocycles. The number of ether oxygens (including phenoxy) is 1. The van der Waals surface area contributed by atoms with Gasteiger partial charge in [0.2, 0.25) is 0 Å². The molecule has 1 aromatic carbocycles. The van der Waals surface area contributed by atoms with Crippen LogP contribution in [0.1, 0.15) is 44.7 Å². The Morgan fingerprint density at radius 1 is 1.21 bits per heavy atom. The van der Waals surface area contributed by atoms with Crippen LogP contribution in [0.2, 0.25) is 0 Å². The normalized spacial score (nSPS) is 11.5. The standard InChI is InChI=1S/C20H28N2O2/c1-15(2)8-6-9-16(3)12-13-21-22-19(23)14-24-20-17(4)10-7-11-18(20)5/h7-8,10-13H,6,9,14H2,1-5H3,(H,22,23). The molecule has 0 saturated heterocycles. The molecule has 0 aliphatic carbocycles. The van der Waals surface area contributed by atoms with Crippen LogP contribution in [0.5, 0.6) is 5.75 Å². The third-order valence-corrected chi connectivity index (χ3v) is 3.47. The van der Waals surface area contributed by atoms with Gasteiger partial charge in [0.15, 0.2) is 6.61 Å². The first-order chi connectivity index (χ1) is 11.4. The molecule has 0 aliphatic heterocycles. The van der Waals surface area contributed by atoms with Gasteiger partial charge in [-0.2, -0.15) is 5.10 Å². The van der Waals surface area contributed by atoms with Gasteiger partial charge in [-0.1, -0.05) is 35.4 Å². The zero-order valence-electron chi connectivity index (χ0n) is 15.3. The fourth-order valence-electron chi connectivity index (χ4n) is 2.14. The van der Waals surface area contributed by atoms with E-state index in [9.17, 15) is 4.79 Å². The number of carbonyl (C=O) groups excluding carboxylic acids is 1. The Morgan fingerprint density at radius 3 is 2.50 bits per heavy atom. The van der Waals surface area contributed by atoms with Crippen molar-refractivity contribution in [1.82, 2.24) is 5.43 Å². The van der Waals surface area contributed by atoms with Crippen LogP contribution in [0.25, 0.3) is 0 Å². The van der Waals surface area contributed by atoms with Crippen molar-refractivity contribution in [1.29, 1.82) is 0 Å². The van der Waals surface area contributed by atoms with Crippen LogP contribution in [0, 0.1) is 13.8 Å². The number of hydrogen-bond donors (Lipinski definition) is 1. The van der Waals surface area contributed by atoms with E-state index < -0.39 is 0 Å². The maximum atomic E-state index is 11.8. The Bertz CT molecular complexity index is 619. The summed E-state index contributed by atoms with van der Waals surface area (Å²) in [5.41, 5.74) is 7.05. The first kappa shape index (κ1) is 19.7. The highest BCUT2D eigenvalue weighted by atomic mass is 16.5. The first-order valence-corrected chi connectivity index (χ1v) is 8.20. The number of benzene rings is 1. The van der Waals surface area contributed by atoms with Crippen molar-refractivity contribution in [3.8, 4) is 5.75 Å². The molecule has 0 heterocycles. The molecule has 24 heavy (non-hydrogen) atoms. The highest BCUT2D eigenvalue weighted by molar-refractivity contribution is 5.80. The van der Waals surface area contributed by atoms with Gasteiger partial charge in [0.1, 0.15) is 5.75 Å². The van der Waals surface area contributed by atoms with Crippen LogP contribution < -0.4 is 10.2 Å². The van der Waals surface area contributed by atoms with Gasteiger partial charge in [-0.3, -0.25) is 4.79 Å². The summed E-state index contributed by atoms with van der Waals surface area (Å²) in [6.45, 7) is 10.1. The maximum Gasteiger partial charge on any atom is 0.277 e. The quantitative estimate of drug-likeness (QED) is 0.434. The van der Waals surface area contributed by atoms with Crippen molar-refractivity contribution < 1.29 is 9.53 Å². The summed E-state index contributed by atoms with van der Waals surface area (Å²) < 4.78 is 5.58. The number of hydrazone groups is 1. The Hall–Kier alpha value is -2.36. The predicted molar refractivity (Wildman–Crippen MR) is 100 cm³/mol. The van der Waals surface area contributed by atoms with Crippen molar-refractivity contribution in [2.75, 3.05) is 6.61 Å².